The van der Waals surface area contributed by atoms with Gasteiger partial charge < -0.3 is 16.2 Å². The molecule has 0 saturated heterocycles. The number of unbranched alkanes of at least 4 members (excludes halogenated alkanes) is 3. The molecule has 1 unspecified atom stereocenters. The normalized spacial score (nSPS) is 12.4. The van der Waals surface area contributed by atoms with Crippen molar-refractivity contribution in [2.75, 3.05) is 6.61 Å². The number of nitrogens with one attached hydrogen (secondary N) is 1. The van der Waals surface area contributed by atoms with Crippen molar-refractivity contribution in [1.29, 1.82) is 0 Å². The molecule has 0 rings (SSSR count). The maximum Gasteiger partial charge on any atom is 0.312 e. The summed E-state index contributed by atoms with van der Waals surface area (Å²) in [7, 11) is 0. The largest absolute Gasteiger partial charge is 0.396 e. The topological polar surface area (TPSA) is 75.3 Å². The SMILES string of the molecule is CCCCC(CCCCCO)NC(N)=O. The predicted octanol–water partition coefficient (Wildman–Crippen LogP) is 1.77. The van der Waals surface area contributed by atoms with Crippen molar-refractivity contribution in [3.8, 4) is 0 Å². The summed E-state index contributed by atoms with van der Waals surface area (Å²) in [6.45, 7) is 2.38. The van der Waals surface area contributed by atoms with Crippen LogP contribution in [0.25, 0.3) is 0 Å². The van der Waals surface area contributed by atoms with Crippen LogP contribution < -0.4 is 11.1 Å². The van der Waals surface area contributed by atoms with Crippen molar-refractivity contribution < 1.29 is 9.90 Å². The quantitative estimate of drug-likeness (QED) is 0.514. The lowest BCUT2D eigenvalue weighted by Crippen LogP contribution is -2.38. The lowest BCUT2D eigenvalue weighted by Gasteiger charge is -2.16. The van der Waals surface area contributed by atoms with Gasteiger partial charge >= 0.3 is 6.03 Å². The van der Waals surface area contributed by atoms with E-state index in [0.29, 0.717) is 0 Å². The van der Waals surface area contributed by atoms with Crippen LogP contribution in [-0.4, -0.2) is 23.8 Å². The number of aliphatic hydroxyl groups is 1. The Balaban J connectivity index is 3.64. The number of rotatable bonds is 9. The molecular weight excluding hydrogens is 192 g/mol. The molecule has 0 aromatic heterocycles. The zero-order valence-electron chi connectivity index (χ0n) is 9.67. The molecule has 0 aliphatic heterocycles. The highest BCUT2D eigenvalue weighted by Crippen LogP contribution is 2.09. The van der Waals surface area contributed by atoms with E-state index < -0.39 is 6.03 Å². The van der Waals surface area contributed by atoms with Crippen molar-refractivity contribution in [2.24, 2.45) is 5.73 Å². The van der Waals surface area contributed by atoms with Gasteiger partial charge in [0.25, 0.3) is 0 Å². The number of aliphatic hydroxyl groups excluding tert-OH is 1. The molecular formula is C11H24N2O2. The molecule has 0 radical (unpaired) electrons. The van der Waals surface area contributed by atoms with Crippen LogP contribution in [0.3, 0.4) is 0 Å². The molecule has 0 aliphatic rings. The molecule has 0 aromatic rings. The Hall–Kier alpha value is -0.770. The van der Waals surface area contributed by atoms with Gasteiger partial charge in [0.05, 0.1) is 0 Å². The molecule has 0 heterocycles. The fraction of sp³-hybridized carbons (Fsp3) is 0.909. The van der Waals surface area contributed by atoms with Gasteiger partial charge in [-0.3, -0.25) is 0 Å². The second-order valence-electron chi connectivity index (χ2n) is 3.92. The van der Waals surface area contributed by atoms with Crippen LogP contribution in [0.4, 0.5) is 4.79 Å². The van der Waals surface area contributed by atoms with E-state index in [-0.39, 0.29) is 12.6 Å². The number of primary amides is 1. The molecule has 4 N–H and O–H groups in total. The summed E-state index contributed by atoms with van der Waals surface area (Å²) in [5.74, 6) is 0. The first-order valence-corrected chi connectivity index (χ1v) is 5.87. The van der Waals surface area contributed by atoms with Gasteiger partial charge in [-0.2, -0.15) is 0 Å². The zero-order chi connectivity index (χ0) is 11.5. The average Bonchev–Trinajstić information content (AvgIpc) is 2.19. The Labute approximate surface area is 92.2 Å². The van der Waals surface area contributed by atoms with Gasteiger partial charge in [-0.05, 0) is 19.3 Å². The number of hydrogen-bond donors (Lipinski definition) is 3. The molecule has 0 aromatic carbocycles. The minimum absolute atomic E-state index is 0.209. The second kappa shape index (κ2) is 9.77. The third kappa shape index (κ3) is 9.53. The number of urea groups is 1. The first-order valence-electron chi connectivity index (χ1n) is 5.87. The van der Waals surface area contributed by atoms with Crippen molar-refractivity contribution >= 4 is 6.03 Å². The van der Waals surface area contributed by atoms with Crippen molar-refractivity contribution in [3.05, 3.63) is 0 Å². The minimum atomic E-state index is -0.432. The van der Waals surface area contributed by atoms with Crippen LogP contribution in [0.1, 0.15) is 51.9 Å². The average molecular weight is 216 g/mol. The molecule has 1 atom stereocenters. The number of nitrogens with two attached hydrogens (primary N) is 1. The summed E-state index contributed by atoms with van der Waals surface area (Å²) in [5.41, 5.74) is 5.11. The zero-order valence-corrected chi connectivity index (χ0v) is 9.67. The minimum Gasteiger partial charge on any atom is -0.396 e. The van der Waals surface area contributed by atoms with Crippen LogP contribution in [-0.2, 0) is 0 Å². The number of carbonyl (C=O) groups excluding carboxylic acids is 1. The summed E-state index contributed by atoms with van der Waals surface area (Å²) in [6, 6.07) is -0.223. The smallest absolute Gasteiger partial charge is 0.312 e. The lowest BCUT2D eigenvalue weighted by atomic mass is 10.0. The molecule has 15 heavy (non-hydrogen) atoms. The highest BCUT2D eigenvalue weighted by atomic mass is 16.2. The Kier molecular flexibility index (Phi) is 9.27. The van der Waals surface area contributed by atoms with Gasteiger partial charge in [-0.1, -0.05) is 32.6 Å². The first kappa shape index (κ1) is 14.2. The van der Waals surface area contributed by atoms with E-state index in [1.54, 1.807) is 0 Å². The van der Waals surface area contributed by atoms with Crippen LogP contribution >= 0.6 is 0 Å². The van der Waals surface area contributed by atoms with E-state index in [9.17, 15) is 4.79 Å². The van der Waals surface area contributed by atoms with Gasteiger partial charge in [0.2, 0.25) is 0 Å². The summed E-state index contributed by atoms with van der Waals surface area (Å²) >= 11 is 0. The molecule has 0 aliphatic carbocycles. The maximum atomic E-state index is 10.7. The number of amides is 2. The first-order chi connectivity index (χ1) is 7.20. The van der Waals surface area contributed by atoms with E-state index >= 15 is 0 Å². The van der Waals surface area contributed by atoms with Crippen LogP contribution in [0.2, 0.25) is 0 Å². The van der Waals surface area contributed by atoms with Gasteiger partial charge in [0.1, 0.15) is 0 Å². The van der Waals surface area contributed by atoms with Gasteiger partial charge in [-0.15, -0.1) is 0 Å². The van der Waals surface area contributed by atoms with Crippen LogP contribution in [0, 0.1) is 0 Å². The van der Waals surface area contributed by atoms with E-state index in [1.807, 2.05) is 0 Å². The van der Waals surface area contributed by atoms with E-state index in [4.69, 9.17) is 10.8 Å². The highest BCUT2D eigenvalue weighted by Gasteiger charge is 2.08. The molecule has 4 heteroatoms. The van der Waals surface area contributed by atoms with E-state index in [2.05, 4.69) is 12.2 Å². The van der Waals surface area contributed by atoms with Crippen molar-refractivity contribution in [1.82, 2.24) is 5.32 Å². The van der Waals surface area contributed by atoms with Crippen LogP contribution in [0.5, 0.6) is 0 Å². The number of carbonyl (C=O) groups is 1. The molecule has 0 bridgehead atoms. The monoisotopic (exact) mass is 216 g/mol. The molecule has 90 valence electrons. The molecule has 0 fully saturated rings. The lowest BCUT2D eigenvalue weighted by molar-refractivity contribution is 0.242. The van der Waals surface area contributed by atoms with E-state index in [1.165, 1.54) is 0 Å². The highest BCUT2D eigenvalue weighted by molar-refractivity contribution is 5.71. The fourth-order valence-electron chi connectivity index (χ4n) is 1.62. The summed E-state index contributed by atoms with van der Waals surface area (Å²) in [4.78, 5) is 10.7. The Morgan fingerprint density at radius 1 is 1.27 bits per heavy atom. The number of hydrogen-bond acceptors (Lipinski definition) is 2. The maximum absolute atomic E-state index is 10.7. The van der Waals surface area contributed by atoms with Crippen molar-refractivity contribution in [3.63, 3.8) is 0 Å². The van der Waals surface area contributed by atoms with Gasteiger partial charge in [0.15, 0.2) is 0 Å². The molecule has 4 nitrogen and oxygen atoms in total. The summed E-state index contributed by atoms with van der Waals surface area (Å²) in [6.07, 6.45) is 7.10. The standard InChI is InChI=1S/C11H24N2O2/c1-2-3-7-10(13-11(12)15)8-5-4-6-9-14/h10,14H,2-9H2,1H3,(H3,12,13,15). The van der Waals surface area contributed by atoms with E-state index in [0.717, 1.165) is 44.9 Å². The Bertz CT molecular complexity index is 163. The Morgan fingerprint density at radius 3 is 2.47 bits per heavy atom. The van der Waals surface area contributed by atoms with Crippen molar-refractivity contribution in [2.45, 2.75) is 57.9 Å². The third-order valence-corrected chi connectivity index (χ3v) is 2.46. The molecule has 2 amide bonds. The second-order valence-corrected chi connectivity index (χ2v) is 3.92. The summed E-state index contributed by atoms with van der Waals surface area (Å²) < 4.78 is 0. The van der Waals surface area contributed by atoms with Gasteiger partial charge in [0, 0.05) is 12.6 Å². The molecule has 0 saturated carbocycles. The fourth-order valence-corrected chi connectivity index (χ4v) is 1.62. The predicted molar refractivity (Wildman–Crippen MR) is 61.6 cm³/mol. The Morgan fingerprint density at radius 2 is 1.93 bits per heavy atom. The molecule has 0 spiro atoms. The van der Waals surface area contributed by atoms with Crippen LogP contribution in [0.15, 0.2) is 0 Å². The summed E-state index contributed by atoms with van der Waals surface area (Å²) in [5, 5.41) is 11.4. The third-order valence-electron chi connectivity index (χ3n) is 2.46. The van der Waals surface area contributed by atoms with Gasteiger partial charge in [-0.25, -0.2) is 4.79 Å².